The van der Waals surface area contributed by atoms with Crippen LogP contribution in [0, 0.1) is 10.1 Å². The molecule has 1 aliphatic rings. The Balaban J connectivity index is 1.54. The summed E-state index contributed by atoms with van der Waals surface area (Å²) in [4.78, 5) is 40.3. The molecule has 9 nitrogen and oxygen atoms in total. The summed E-state index contributed by atoms with van der Waals surface area (Å²) in [6.07, 6.45) is 3.97. The van der Waals surface area contributed by atoms with Crippen molar-refractivity contribution in [2.24, 2.45) is 0 Å². The molecule has 0 spiro atoms. The van der Waals surface area contributed by atoms with Crippen LogP contribution in [0.5, 0.6) is 0 Å². The summed E-state index contributed by atoms with van der Waals surface area (Å²) in [5.41, 5.74) is 1.15. The molecular formula is C16H13N3O6S. The minimum absolute atomic E-state index is 0.200. The van der Waals surface area contributed by atoms with Gasteiger partial charge in [-0.15, -0.1) is 11.3 Å². The number of hydrogen-bond acceptors (Lipinski definition) is 8. The fourth-order valence-electron chi connectivity index (χ4n) is 2.96. The fraction of sp³-hybridized carbons (Fsp3) is 0.312. The first kappa shape index (κ1) is 16.5. The zero-order chi connectivity index (χ0) is 18.3. The summed E-state index contributed by atoms with van der Waals surface area (Å²) < 4.78 is 11.5. The van der Waals surface area contributed by atoms with Gasteiger partial charge < -0.3 is 9.15 Å². The number of hydrogen-bond donors (Lipinski definition) is 0. The van der Waals surface area contributed by atoms with Gasteiger partial charge in [-0.2, -0.15) is 0 Å². The number of ether oxygens (including phenoxy) is 1. The molecule has 0 amide bonds. The molecule has 0 saturated heterocycles. The molecule has 0 bridgehead atoms. The summed E-state index contributed by atoms with van der Waals surface area (Å²) in [6, 6.07) is 3.58. The van der Waals surface area contributed by atoms with E-state index in [2.05, 4.69) is 4.98 Å². The molecule has 0 atom stereocenters. The first-order valence-corrected chi connectivity index (χ1v) is 8.79. The van der Waals surface area contributed by atoms with Crippen LogP contribution in [-0.4, -0.2) is 20.3 Å². The average Bonchev–Trinajstić information content (AvgIpc) is 3.24. The van der Waals surface area contributed by atoms with Gasteiger partial charge in [0.05, 0.1) is 11.8 Å². The van der Waals surface area contributed by atoms with Gasteiger partial charge in [0, 0.05) is 16.6 Å². The van der Waals surface area contributed by atoms with E-state index in [4.69, 9.17) is 9.15 Å². The smallest absolute Gasteiger partial charge is 0.433 e. The number of aryl methyl sites for hydroxylation is 2. The molecule has 0 unspecified atom stereocenters. The van der Waals surface area contributed by atoms with Crippen LogP contribution in [0.3, 0.4) is 0 Å². The second-order valence-electron chi connectivity index (χ2n) is 5.85. The van der Waals surface area contributed by atoms with E-state index in [1.54, 1.807) is 4.40 Å². The number of esters is 1. The van der Waals surface area contributed by atoms with Crippen molar-refractivity contribution < 1.29 is 18.9 Å². The molecule has 134 valence electrons. The van der Waals surface area contributed by atoms with Crippen LogP contribution in [0.25, 0.3) is 4.96 Å². The Morgan fingerprint density at radius 3 is 2.96 bits per heavy atom. The monoisotopic (exact) mass is 375 g/mol. The van der Waals surface area contributed by atoms with Gasteiger partial charge in [0.15, 0.2) is 4.96 Å². The van der Waals surface area contributed by atoms with Crippen molar-refractivity contribution >= 4 is 28.2 Å². The van der Waals surface area contributed by atoms with Crippen molar-refractivity contribution in [1.29, 1.82) is 0 Å². The summed E-state index contributed by atoms with van der Waals surface area (Å²) in [7, 11) is 0. The van der Waals surface area contributed by atoms with Crippen LogP contribution in [0.15, 0.2) is 27.4 Å². The van der Waals surface area contributed by atoms with Gasteiger partial charge in [-0.3, -0.25) is 19.3 Å². The van der Waals surface area contributed by atoms with Crippen molar-refractivity contribution in [1.82, 2.24) is 9.38 Å². The molecule has 3 aromatic rings. The summed E-state index contributed by atoms with van der Waals surface area (Å²) in [5.74, 6) is -1.68. The number of aromatic nitrogens is 2. The Hall–Kier alpha value is -3.01. The number of thiazole rings is 1. The maximum absolute atomic E-state index is 12.4. The summed E-state index contributed by atoms with van der Waals surface area (Å²) in [5, 5.41) is 10.6. The Kier molecular flexibility index (Phi) is 4.03. The Morgan fingerprint density at radius 1 is 1.38 bits per heavy atom. The van der Waals surface area contributed by atoms with Crippen LogP contribution in [0.1, 0.15) is 39.7 Å². The molecule has 0 radical (unpaired) electrons. The summed E-state index contributed by atoms with van der Waals surface area (Å²) in [6.45, 7) is -0.221. The lowest BCUT2D eigenvalue weighted by Crippen LogP contribution is -2.18. The molecule has 10 heteroatoms. The van der Waals surface area contributed by atoms with E-state index in [1.807, 2.05) is 0 Å². The third kappa shape index (κ3) is 2.88. The number of nitrogens with zero attached hydrogens (tertiary/aromatic N) is 3. The highest BCUT2D eigenvalue weighted by Gasteiger charge is 2.20. The van der Waals surface area contributed by atoms with Crippen molar-refractivity contribution in [2.45, 2.75) is 32.3 Å². The quantitative estimate of drug-likeness (QED) is 0.390. The Labute approximate surface area is 150 Å². The lowest BCUT2D eigenvalue weighted by atomic mass is 10.0. The zero-order valence-electron chi connectivity index (χ0n) is 13.5. The van der Waals surface area contributed by atoms with Gasteiger partial charge in [0.1, 0.15) is 11.5 Å². The van der Waals surface area contributed by atoms with E-state index in [9.17, 15) is 19.7 Å². The van der Waals surface area contributed by atoms with Gasteiger partial charge in [0.25, 0.3) is 5.56 Å². The van der Waals surface area contributed by atoms with E-state index in [0.29, 0.717) is 10.7 Å². The van der Waals surface area contributed by atoms with E-state index < -0.39 is 16.8 Å². The van der Waals surface area contributed by atoms with E-state index in [-0.39, 0.29) is 17.9 Å². The first-order valence-electron chi connectivity index (χ1n) is 7.97. The van der Waals surface area contributed by atoms with Crippen LogP contribution in [0.4, 0.5) is 5.88 Å². The Bertz CT molecular complexity index is 1080. The zero-order valence-corrected chi connectivity index (χ0v) is 14.3. The van der Waals surface area contributed by atoms with Crippen molar-refractivity contribution in [3.8, 4) is 0 Å². The van der Waals surface area contributed by atoms with Gasteiger partial charge in [0.2, 0.25) is 5.76 Å². The molecule has 3 aromatic heterocycles. The molecule has 0 fully saturated rings. The van der Waals surface area contributed by atoms with Crippen LogP contribution in [0.2, 0.25) is 0 Å². The normalized spacial score (nSPS) is 13.5. The highest BCUT2D eigenvalue weighted by Crippen LogP contribution is 2.28. The molecule has 3 heterocycles. The lowest BCUT2D eigenvalue weighted by Gasteiger charge is -2.10. The predicted molar refractivity (Wildman–Crippen MR) is 90.5 cm³/mol. The minimum atomic E-state index is -0.856. The molecule has 0 aromatic carbocycles. The maximum atomic E-state index is 12.4. The van der Waals surface area contributed by atoms with E-state index >= 15 is 0 Å². The topological polar surface area (TPSA) is 117 Å². The number of carbonyl (C=O) groups excluding carboxylic acids is 1. The Morgan fingerprint density at radius 2 is 2.19 bits per heavy atom. The fourth-order valence-corrected chi connectivity index (χ4v) is 4.19. The second-order valence-corrected chi connectivity index (χ2v) is 6.92. The number of carbonyl (C=O) groups is 1. The van der Waals surface area contributed by atoms with E-state index in [0.717, 1.165) is 37.4 Å². The first-order chi connectivity index (χ1) is 12.5. The highest BCUT2D eigenvalue weighted by atomic mass is 32.1. The maximum Gasteiger partial charge on any atom is 0.433 e. The molecular weight excluding hydrogens is 362 g/mol. The third-order valence-electron chi connectivity index (χ3n) is 4.14. The lowest BCUT2D eigenvalue weighted by molar-refractivity contribution is -0.402. The molecule has 0 saturated carbocycles. The number of nitro groups is 1. The standard InChI is InChI=1S/C16H13N3O6S/c20-13-7-9(8-24-15(21)11-5-6-14(25-11)19(22)23)17-16-18(13)10-3-1-2-4-12(10)26-16/h5-7H,1-4,8H2. The molecule has 26 heavy (non-hydrogen) atoms. The second kappa shape index (κ2) is 6.37. The SMILES string of the molecule is O=C(OCc1cc(=O)n2c3c(sc2n1)CCCC3)c1ccc([N+](=O)[O-])o1. The van der Waals surface area contributed by atoms with Gasteiger partial charge >= 0.3 is 11.9 Å². The highest BCUT2D eigenvalue weighted by molar-refractivity contribution is 7.17. The largest absolute Gasteiger partial charge is 0.453 e. The van der Waals surface area contributed by atoms with Crippen molar-refractivity contribution in [2.75, 3.05) is 0 Å². The van der Waals surface area contributed by atoms with Gasteiger partial charge in [-0.25, -0.2) is 9.78 Å². The molecule has 0 N–H and O–H groups in total. The average molecular weight is 375 g/mol. The number of fused-ring (bicyclic) bond motifs is 3. The van der Waals surface area contributed by atoms with Crippen molar-refractivity contribution in [3.05, 3.63) is 60.7 Å². The number of rotatable bonds is 4. The third-order valence-corrected chi connectivity index (χ3v) is 5.28. The summed E-state index contributed by atoms with van der Waals surface area (Å²) >= 11 is 1.48. The number of furan rings is 1. The molecule has 0 aliphatic heterocycles. The van der Waals surface area contributed by atoms with Crippen LogP contribution >= 0.6 is 11.3 Å². The van der Waals surface area contributed by atoms with Gasteiger partial charge in [-0.1, -0.05) is 0 Å². The van der Waals surface area contributed by atoms with Gasteiger partial charge in [-0.05, 0) is 31.7 Å². The van der Waals surface area contributed by atoms with Crippen molar-refractivity contribution in [3.63, 3.8) is 0 Å². The molecule has 4 rings (SSSR count). The molecule has 1 aliphatic carbocycles. The predicted octanol–water partition coefficient (Wildman–Crippen LogP) is 2.49. The van der Waals surface area contributed by atoms with E-state index in [1.165, 1.54) is 28.3 Å². The van der Waals surface area contributed by atoms with Crippen LogP contribution < -0.4 is 5.56 Å². The van der Waals surface area contributed by atoms with Crippen LogP contribution in [-0.2, 0) is 24.2 Å². The minimum Gasteiger partial charge on any atom is -0.453 e.